The van der Waals surface area contributed by atoms with E-state index in [4.69, 9.17) is 9.47 Å². The van der Waals surface area contributed by atoms with E-state index in [0.717, 1.165) is 0 Å². The van der Waals surface area contributed by atoms with Gasteiger partial charge >= 0.3 is 17.9 Å². The summed E-state index contributed by atoms with van der Waals surface area (Å²) in [5.41, 5.74) is 0. The van der Waals surface area contributed by atoms with Crippen LogP contribution in [0.2, 0.25) is 0 Å². The number of aliphatic carboxylic acids is 1. The number of hydrogen-bond acceptors (Lipinski definition) is 11. The van der Waals surface area contributed by atoms with Gasteiger partial charge in [0.2, 0.25) is 0 Å². The lowest BCUT2D eigenvalue weighted by Crippen LogP contribution is -2.51. The molecule has 1 atom stereocenters. The molecule has 0 amide bonds. The highest BCUT2D eigenvalue weighted by molar-refractivity contribution is 5.71. The van der Waals surface area contributed by atoms with Crippen LogP contribution in [0.25, 0.3) is 0 Å². The van der Waals surface area contributed by atoms with Crippen LogP contribution >= 0.6 is 0 Å². The van der Waals surface area contributed by atoms with Crippen molar-refractivity contribution in [3.8, 4) is 0 Å². The minimum absolute atomic E-state index is 0.0658. The molecule has 0 radical (unpaired) electrons. The highest BCUT2D eigenvalue weighted by atomic mass is 16.5. The fraction of sp³-hybridized carbons (Fsp3) is 0.850. The smallest absolute Gasteiger partial charge is 0.319 e. The van der Waals surface area contributed by atoms with E-state index in [1.54, 1.807) is 4.90 Å². The van der Waals surface area contributed by atoms with Crippen LogP contribution in [0.5, 0.6) is 0 Å². The normalized spacial score (nSPS) is 19.5. The van der Waals surface area contributed by atoms with E-state index in [1.807, 2.05) is 14.7 Å². The molecule has 0 aliphatic carbocycles. The monoisotopic (exact) mass is 462 g/mol. The summed E-state index contributed by atoms with van der Waals surface area (Å²) in [6.07, 6.45) is 0.400. The second-order valence-corrected chi connectivity index (χ2v) is 7.76. The number of hydrogen-bond donors (Lipinski definition) is 3. The highest BCUT2D eigenvalue weighted by Crippen LogP contribution is 2.07. The molecule has 0 aromatic carbocycles. The molecule has 0 spiro atoms. The van der Waals surface area contributed by atoms with Gasteiger partial charge in [0.25, 0.3) is 0 Å². The number of methoxy groups -OCH3 is 2. The van der Waals surface area contributed by atoms with Crippen molar-refractivity contribution in [3.05, 3.63) is 0 Å². The van der Waals surface area contributed by atoms with Crippen LogP contribution in [0.4, 0.5) is 0 Å². The molecular weight excluding hydrogens is 424 g/mol. The van der Waals surface area contributed by atoms with Crippen LogP contribution in [0.1, 0.15) is 6.42 Å². The van der Waals surface area contributed by atoms with Crippen LogP contribution in [0.15, 0.2) is 0 Å². The first kappa shape index (κ1) is 28.2. The van der Waals surface area contributed by atoms with E-state index in [9.17, 15) is 29.7 Å². The number of carboxylic acid groups (broad SMARTS) is 1. The number of carbonyl (C=O) groups excluding carboxylic acids is 2. The first-order chi connectivity index (χ1) is 15.3. The summed E-state index contributed by atoms with van der Waals surface area (Å²) < 4.78 is 9.57. The maximum Gasteiger partial charge on any atom is 0.319 e. The Morgan fingerprint density at radius 3 is 1.50 bits per heavy atom. The largest absolute Gasteiger partial charge is 0.480 e. The molecule has 1 aliphatic heterocycles. The molecule has 1 fully saturated rings. The average molecular weight is 463 g/mol. The fourth-order valence-electron chi connectivity index (χ4n) is 3.62. The molecule has 0 saturated carbocycles. The van der Waals surface area contributed by atoms with Gasteiger partial charge in [0.15, 0.2) is 0 Å². The van der Waals surface area contributed by atoms with Crippen molar-refractivity contribution in [2.75, 3.05) is 99.4 Å². The minimum atomic E-state index is -0.947. The van der Waals surface area contributed by atoms with E-state index >= 15 is 0 Å². The molecule has 0 aromatic heterocycles. The quantitative estimate of drug-likeness (QED) is 0.293. The van der Waals surface area contributed by atoms with Gasteiger partial charge < -0.3 is 24.8 Å². The summed E-state index contributed by atoms with van der Waals surface area (Å²) in [7, 11) is 2.64. The SMILES string of the molecule is COC(=O)CN1CCN(CC(=O)O)CCN(CC(=O)OC)CCN([C@H](CO)CCO)CC1. The summed E-state index contributed by atoms with van der Waals surface area (Å²) >= 11 is 0. The van der Waals surface area contributed by atoms with Crippen molar-refractivity contribution < 1.29 is 39.2 Å². The Morgan fingerprint density at radius 1 is 0.750 bits per heavy atom. The van der Waals surface area contributed by atoms with Crippen LogP contribution in [0.3, 0.4) is 0 Å². The van der Waals surface area contributed by atoms with Gasteiger partial charge in [-0.3, -0.25) is 34.0 Å². The van der Waals surface area contributed by atoms with Crippen LogP contribution in [-0.4, -0.2) is 158 Å². The fourth-order valence-corrected chi connectivity index (χ4v) is 3.62. The Hall–Kier alpha value is -1.83. The molecule has 12 nitrogen and oxygen atoms in total. The van der Waals surface area contributed by atoms with Gasteiger partial charge in [-0.15, -0.1) is 0 Å². The summed E-state index contributed by atoms with van der Waals surface area (Å²) in [4.78, 5) is 42.6. The van der Waals surface area contributed by atoms with Crippen molar-refractivity contribution >= 4 is 17.9 Å². The lowest BCUT2D eigenvalue weighted by Gasteiger charge is -2.36. The van der Waals surface area contributed by atoms with Gasteiger partial charge in [-0.2, -0.15) is 0 Å². The number of nitrogens with zero attached hydrogens (tertiary/aromatic N) is 4. The predicted molar refractivity (Wildman–Crippen MR) is 115 cm³/mol. The molecule has 0 aromatic rings. The number of rotatable bonds is 10. The molecule has 3 N–H and O–H groups in total. The molecule has 1 rings (SSSR count). The summed E-state index contributed by atoms with van der Waals surface area (Å²) in [5, 5.41) is 28.5. The molecule has 1 heterocycles. The zero-order valence-corrected chi connectivity index (χ0v) is 19.1. The third-order valence-corrected chi connectivity index (χ3v) is 5.58. The van der Waals surface area contributed by atoms with Crippen molar-refractivity contribution in [1.82, 2.24) is 19.6 Å². The molecule has 0 bridgehead atoms. The Bertz CT molecular complexity index is 546. The van der Waals surface area contributed by atoms with Gasteiger partial charge in [-0.25, -0.2) is 0 Å². The van der Waals surface area contributed by atoms with Crippen molar-refractivity contribution in [2.45, 2.75) is 12.5 Å². The summed E-state index contributed by atoms with van der Waals surface area (Å²) in [5.74, 6) is -1.71. The maximum atomic E-state index is 11.9. The van der Waals surface area contributed by atoms with Gasteiger partial charge in [-0.05, 0) is 6.42 Å². The first-order valence-electron chi connectivity index (χ1n) is 10.8. The number of esters is 2. The van der Waals surface area contributed by atoms with E-state index in [0.29, 0.717) is 58.8 Å². The Labute approximate surface area is 189 Å². The van der Waals surface area contributed by atoms with Gasteiger partial charge in [-0.1, -0.05) is 0 Å². The Morgan fingerprint density at radius 2 is 1.16 bits per heavy atom. The Kier molecular flexibility index (Phi) is 14.0. The van der Waals surface area contributed by atoms with Crippen LogP contribution < -0.4 is 0 Å². The lowest BCUT2D eigenvalue weighted by atomic mass is 10.2. The summed E-state index contributed by atoms with van der Waals surface area (Å²) in [6, 6.07) is -0.258. The molecular formula is C20H38N4O8. The van der Waals surface area contributed by atoms with E-state index in [-0.39, 0.29) is 50.8 Å². The van der Waals surface area contributed by atoms with E-state index < -0.39 is 5.97 Å². The second kappa shape index (κ2) is 15.9. The number of ether oxygens (including phenoxy) is 2. The number of carbonyl (C=O) groups is 3. The maximum absolute atomic E-state index is 11.9. The van der Waals surface area contributed by atoms with Crippen molar-refractivity contribution in [3.63, 3.8) is 0 Å². The van der Waals surface area contributed by atoms with Crippen molar-refractivity contribution in [2.24, 2.45) is 0 Å². The molecule has 32 heavy (non-hydrogen) atoms. The topological polar surface area (TPSA) is 143 Å². The van der Waals surface area contributed by atoms with Crippen LogP contribution in [0, 0.1) is 0 Å². The van der Waals surface area contributed by atoms with Gasteiger partial charge in [0.1, 0.15) is 0 Å². The van der Waals surface area contributed by atoms with Gasteiger partial charge in [0, 0.05) is 65.0 Å². The second-order valence-electron chi connectivity index (χ2n) is 7.76. The van der Waals surface area contributed by atoms with E-state index in [1.165, 1.54) is 14.2 Å². The van der Waals surface area contributed by atoms with E-state index in [2.05, 4.69) is 0 Å². The highest BCUT2D eigenvalue weighted by Gasteiger charge is 2.23. The zero-order valence-electron chi connectivity index (χ0n) is 19.1. The Balaban J connectivity index is 3.03. The predicted octanol–water partition coefficient (Wildman–Crippen LogP) is -2.62. The number of aliphatic hydroxyl groups excluding tert-OH is 2. The standard InChI is InChI=1S/C20H38N4O8/c1-31-19(29)14-22-6-4-21(13-18(27)28)5-7-23(15-20(30)32-2)9-11-24(10-8-22)17(16-26)3-12-25/h17,25-26H,3-16H2,1-2H3,(H,27,28)/t17-/m0/s1. The molecule has 1 aliphatic rings. The average Bonchev–Trinajstić information content (AvgIpc) is 2.77. The molecule has 1 saturated heterocycles. The minimum Gasteiger partial charge on any atom is -0.480 e. The van der Waals surface area contributed by atoms with Crippen LogP contribution in [-0.2, 0) is 23.9 Å². The van der Waals surface area contributed by atoms with Crippen molar-refractivity contribution in [1.29, 1.82) is 0 Å². The summed E-state index contributed by atoms with van der Waals surface area (Å²) in [6.45, 7) is 3.61. The lowest BCUT2D eigenvalue weighted by molar-refractivity contribution is -0.143. The number of carboxylic acids is 1. The molecule has 186 valence electrons. The van der Waals surface area contributed by atoms with Gasteiger partial charge in [0.05, 0.1) is 40.5 Å². The third kappa shape index (κ3) is 11.2. The molecule has 0 unspecified atom stereocenters. The first-order valence-corrected chi connectivity index (χ1v) is 10.8. The number of aliphatic hydroxyl groups is 2. The molecule has 12 heteroatoms. The zero-order chi connectivity index (χ0) is 23.9. The third-order valence-electron chi connectivity index (χ3n) is 5.58.